The van der Waals surface area contributed by atoms with Gasteiger partial charge < -0.3 is 0 Å². The van der Waals surface area contributed by atoms with Gasteiger partial charge in [0.25, 0.3) is 0 Å². The summed E-state index contributed by atoms with van der Waals surface area (Å²) in [6, 6.07) is 5.72. The van der Waals surface area contributed by atoms with E-state index in [0.29, 0.717) is 0 Å². The average Bonchev–Trinajstić information content (AvgIpc) is 2.45. The molecule has 1 heterocycles. The van der Waals surface area contributed by atoms with Gasteiger partial charge in [-0.1, -0.05) is 44.6 Å². The maximum absolute atomic E-state index is 8.57. The highest BCUT2D eigenvalue weighted by Crippen LogP contribution is 2.15. The Hall–Kier alpha value is -1.95. The van der Waals surface area contributed by atoms with Crippen LogP contribution < -0.4 is 0 Å². The van der Waals surface area contributed by atoms with Crippen LogP contribution in [0.3, 0.4) is 0 Å². The molecule has 1 aliphatic carbocycles. The number of hydrogen-bond acceptors (Lipinski definition) is 3. The van der Waals surface area contributed by atoms with E-state index in [1.165, 1.54) is 50.4 Å². The number of rotatable bonds is 0. The Labute approximate surface area is 109 Å². The van der Waals surface area contributed by atoms with Crippen LogP contribution in [0, 0.1) is 0 Å². The van der Waals surface area contributed by atoms with E-state index < -0.39 is 0 Å². The maximum atomic E-state index is 8.57. The fraction of sp³-hybridized carbons (Fsp3) is 0.400. The largest absolute Gasteiger partial charge is 0.265 e. The van der Waals surface area contributed by atoms with Crippen molar-refractivity contribution < 1.29 is 9.59 Å². The third kappa shape index (κ3) is 23.7. The molecule has 0 spiro atoms. The van der Waals surface area contributed by atoms with E-state index in [9.17, 15) is 0 Å². The normalized spacial score (nSPS) is 11.6. The zero-order chi connectivity index (χ0) is 13.9. The first-order valence-electron chi connectivity index (χ1n) is 5.97. The molecular formula is C15H21NO2. The lowest BCUT2D eigenvalue weighted by molar-refractivity contribution is 0.504. The van der Waals surface area contributed by atoms with Gasteiger partial charge in [-0.3, -0.25) is 4.98 Å². The van der Waals surface area contributed by atoms with Gasteiger partial charge in [0.05, 0.1) is 0 Å². The van der Waals surface area contributed by atoms with Gasteiger partial charge in [0.15, 0.2) is 0 Å². The molecule has 3 heteroatoms. The van der Waals surface area contributed by atoms with Gasteiger partial charge in [0, 0.05) is 12.4 Å². The molecule has 1 saturated carbocycles. The van der Waals surface area contributed by atoms with Gasteiger partial charge in [-0.25, -0.2) is 9.59 Å². The molecule has 0 aromatic carbocycles. The molecule has 1 aromatic heterocycles. The van der Waals surface area contributed by atoms with Crippen molar-refractivity contribution in [1.29, 1.82) is 0 Å². The Morgan fingerprint density at radius 1 is 0.722 bits per heavy atom. The Bertz CT molecular complexity index is 256. The zero-order valence-corrected chi connectivity index (χ0v) is 10.8. The molecule has 0 N–H and O–H groups in total. The van der Waals surface area contributed by atoms with Crippen LogP contribution in [0.1, 0.15) is 38.5 Å². The van der Waals surface area contributed by atoms with Crippen LogP contribution in [0.15, 0.2) is 43.8 Å². The van der Waals surface area contributed by atoms with Crippen LogP contribution in [0.4, 0.5) is 0 Å². The first kappa shape index (κ1) is 18.4. The van der Waals surface area contributed by atoms with E-state index in [4.69, 9.17) is 9.59 Å². The summed E-state index contributed by atoms with van der Waals surface area (Å²) in [6.07, 6.45) is 12.5. The summed E-state index contributed by atoms with van der Waals surface area (Å²) in [5.74, 6) is 2.50. The van der Waals surface area contributed by atoms with Crippen LogP contribution in [-0.4, -0.2) is 16.9 Å². The summed E-state index contributed by atoms with van der Waals surface area (Å²) >= 11 is 0. The molecule has 3 nitrogen and oxygen atoms in total. The number of carbonyl (C=O) groups excluding carboxylic acids is 2. The number of aromatic nitrogens is 1. The minimum absolute atomic E-state index is 1.25. The van der Waals surface area contributed by atoms with Crippen LogP contribution >= 0.6 is 0 Å². The first-order valence-corrected chi connectivity index (χ1v) is 5.97. The van der Waals surface area contributed by atoms with Crippen molar-refractivity contribution in [2.24, 2.45) is 0 Å². The quantitative estimate of drug-likeness (QED) is 0.660. The average molecular weight is 247 g/mol. The van der Waals surface area contributed by atoms with Crippen molar-refractivity contribution in [3.05, 3.63) is 43.8 Å². The smallest absolute Gasteiger partial charge is 0.116 e. The second kappa shape index (κ2) is 20.5. The lowest BCUT2D eigenvalue weighted by atomic mass is 10.0. The summed E-state index contributed by atoms with van der Waals surface area (Å²) in [5.41, 5.74) is 0. The highest BCUT2D eigenvalue weighted by atomic mass is 16.1. The Morgan fingerprint density at radius 3 is 1.11 bits per heavy atom. The standard InChI is InChI=1S/C6H12.C5H5N.2C2H2O/c2*1-2-4-6-5-3-1;2*1-2-3/h1-6H2;1-5H;2*1H2. The fourth-order valence-corrected chi connectivity index (χ4v) is 1.37. The fourth-order valence-electron chi connectivity index (χ4n) is 1.37. The maximum Gasteiger partial charge on any atom is 0.116 e. The van der Waals surface area contributed by atoms with E-state index >= 15 is 0 Å². The second-order valence-electron chi connectivity index (χ2n) is 3.43. The molecule has 0 saturated heterocycles. The van der Waals surface area contributed by atoms with Crippen molar-refractivity contribution in [3.63, 3.8) is 0 Å². The van der Waals surface area contributed by atoms with Crippen molar-refractivity contribution in [2.45, 2.75) is 38.5 Å². The molecule has 0 bridgehead atoms. The van der Waals surface area contributed by atoms with E-state index in [0.717, 1.165) is 0 Å². The highest BCUT2D eigenvalue weighted by Gasteiger charge is 1.95. The molecule has 98 valence electrons. The van der Waals surface area contributed by atoms with E-state index in [-0.39, 0.29) is 0 Å². The molecule has 2 rings (SSSR count). The van der Waals surface area contributed by atoms with Crippen LogP contribution in [0.25, 0.3) is 0 Å². The van der Waals surface area contributed by atoms with Crippen LogP contribution in [0.2, 0.25) is 0 Å². The van der Waals surface area contributed by atoms with Crippen molar-refractivity contribution in [1.82, 2.24) is 4.98 Å². The van der Waals surface area contributed by atoms with Crippen molar-refractivity contribution >= 4 is 11.9 Å². The molecule has 0 unspecified atom stereocenters. The van der Waals surface area contributed by atoms with Crippen LogP contribution in [-0.2, 0) is 9.59 Å². The Morgan fingerprint density at radius 2 is 1.00 bits per heavy atom. The van der Waals surface area contributed by atoms with Gasteiger partial charge >= 0.3 is 0 Å². The molecule has 0 radical (unpaired) electrons. The predicted molar refractivity (Wildman–Crippen MR) is 74.6 cm³/mol. The SMILES string of the molecule is C1CCCCC1.C=C=O.C=C=O.c1ccncc1. The van der Waals surface area contributed by atoms with Gasteiger partial charge in [-0.05, 0) is 25.3 Å². The molecule has 1 aromatic rings. The Kier molecular flexibility index (Phi) is 20.9. The monoisotopic (exact) mass is 247 g/mol. The molecule has 0 amide bonds. The molecule has 0 atom stereocenters. The molecule has 1 aliphatic rings. The van der Waals surface area contributed by atoms with Gasteiger partial charge in [-0.15, -0.1) is 0 Å². The van der Waals surface area contributed by atoms with Gasteiger partial charge in [0.1, 0.15) is 11.9 Å². The van der Waals surface area contributed by atoms with E-state index in [1.54, 1.807) is 12.4 Å². The molecule has 0 aliphatic heterocycles. The summed E-state index contributed by atoms with van der Waals surface area (Å²) in [4.78, 5) is 20.9. The second-order valence-corrected chi connectivity index (χ2v) is 3.43. The van der Waals surface area contributed by atoms with E-state index in [1.807, 2.05) is 18.2 Å². The molecule has 18 heavy (non-hydrogen) atoms. The molecule has 1 fully saturated rings. The number of pyridine rings is 1. The van der Waals surface area contributed by atoms with Crippen molar-refractivity contribution in [3.8, 4) is 0 Å². The first-order chi connectivity index (χ1) is 8.83. The van der Waals surface area contributed by atoms with E-state index in [2.05, 4.69) is 18.1 Å². The third-order valence-electron chi connectivity index (χ3n) is 2.07. The molecular weight excluding hydrogens is 226 g/mol. The van der Waals surface area contributed by atoms with Crippen molar-refractivity contribution in [2.75, 3.05) is 0 Å². The lowest BCUT2D eigenvalue weighted by Crippen LogP contribution is -1.85. The summed E-state index contributed by atoms with van der Waals surface area (Å²) in [5, 5.41) is 0. The minimum Gasteiger partial charge on any atom is -0.265 e. The lowest BCUT2D eigenvalue weighted by Gasteiger charge is -2.05. The highest BCUT2D eigenvalue weighted by molar-refractivity contribution is 5.38. The number of hydrogen-bond donors (Lipinski definition) is 0. The Balaban J connectivity index is 0. The van der Waals surface area contributed by atoms with Gasteiger partial charge in [0.2, 0.25) is 0 Å². The number of nitrogens with zero attached hydrogens (tertiary/aromatic N) is 1. The van der Waals surface area contributed by atoms with Crippen LogP contribution in [0.5, 0.6) is 0 Å². The zero-order valence-electron chi connectivity index (χ0n) is 10.8. The summed E-state index contributed by atoms with van der Waals surface area (Å²) in [7, 11) is 0. The minimum atomic E-state index is 1.25. The summed E-state index contributed by atoms with van der Waals surface area (Å²) < 4.78 is 0. The summed E-state index contributed by atoms with van der Waals surface area (Å²) in [6.45, 7) is 5.36. The topological polar surface area (TPSA) is 47.0 Å². The predicted octanol–water partition coefficient (Wildman–Crippen LogP) is 3.43. The third-order valence-corrected chi connectivity index (χ3v) is 2.07. The van der Waals surface area contributed by atoms with Gasteiger partial charge in [-0.2, -0.15) is 0 Å².